The Hall–Kier alpha value is -5.04. The third-order valence-corrected chi connectivity index (χ3v) is 6.45. The number of benzene rings is 4. The van der Waals surface area contributed by atoms with Crippen molar-refractivity contribution in [1.29, 1.82) is 0 Å². The van der Waals surface area contributed by atoms with Gasteiger partial charge < -0.3 is 4.74 Å². The van der Waals surface area contributed by atoms with E-state index in [4.69, 9.17) is 0 Å². The van der Waals surface area contributed by atoms with Crippen LogP contribution >= 0.6 is 0 Å². The van der Waals surface area contributed by atoms with Crippen LogP contribution in [0.3, 0.4) is 0 Å². The number of aryl methyl sites for hydroxylation is 1. The van der Waals surface area contributed by atoms with E-state index < -0.39 is 81.0 Å². The molecule has 4 aromatic rings. The van der Waals surface area contributed by atoms with Gasteiger partial charge in [0.1, 0.15) is 57.6 Å². The summed E-state index contributed by atoms with van der Waals surface area (Å²) in [4.78, 5) is 0. The molecule has 4 rings (SSSR count). The highest BCUT2D eigenvalue weighted by Gasteiger charge is 2.41. The molecule has 0 bridgehead atoms. The first kappa shape index (κ1) is 34.8. The molecule has 0 saturated carbocycles. The van der Waals surface area contributed by atoms with Crippen LogP contribution in [-0.2, 0) is 18.7 Å². The monoisotopic (exact) mass is 670 g/mol. The third-order valence-electron chi connectivity index (χ3n) is 6.45. The van der Waals surface area contributed by atoms with Crippen LogP contribution in [0.1, 0.15) is 58.7 Å². The summed E-state index contributed by atoms with van der Waals surface area (Å²) < 4.78 is 172. The minimum atomic E-state index is -5.47. The van der Waals surface area contributed by atoms with Crippen molar-refractivity contribution in [3.8, 4) is 29.4 Å². The molecule has 4 aromatic carbocycles. The summed E-state index contributed by atoms with van der Waals surface area (Å²) in [6.45, 7) is 1.91. The van der Waals surface area contributed by atoms with E-state index in [-0.39, 0.29) is 23.3 Å². The molecule has 0 aliphatic carbocycles. The molecule has 0 N–H and O–H groups in total. The molecule has 0 unspecified atom stereocenters. The smallest absolute Gasteiger partial charge is 0.429 e. The van der Waals surface area contributed by atoms with E-state index >= 15 is 0 Å². The minimum Gasteiger partial charge on any atom is -0.429 e. The Kier molecular flexibility index (Phi) is 10.2. The Morgan fingerprint density at radius 3 is 1.55 bits per heavy atom. The van der Waals surface area contributed by atoms with Crippen molar-refractivity contribution in [3.05, 3.63) is 134 Å². The zero-order valence-electron chi connectivity index (χ0n) is 23.8. The highest BCUT2D eigenvalue weighted by Crippen LogP contribution is 2.38. The fraction of sp³-hybridized carbons (Fsp3) is 0.176. The van der Waals surface area contributed by atoms with Gasteiger partial charge >= 0.3 is 12.3 Å². The Labute approximate surface area is 259 Å². The number of alkyl halides is 5. The quantitative estimate of drug-likeness (QED) is 0.147. The zero-order valence-corrected chi connectivity index (χ0v) is 23.8. The molecule has 0 saturated heterocycles. The van der Waals surface area contributed by atoms with Crippen LogP contribution in [0.4, 0.5) is 52.7 Å². The average molecular weight is 670 g/mol. The number of hydrogen-bond acceptors (Lipinski definition) is 1. The molecule has 0 heterocycles. The molecule has 244 valence electrons. The van der Waals surface area contributed by atoms with Crippen LogP contribution < -0.4 is 4.74 Å². The average Bonchev–Trinajstić information content (AvgIpc) is 2.93. The van der Waals surface area contributed by atoms with E-state index in [1.54, 1.807) is 0 Å². The molecule has 0 spiro atoms. The Morgan fingerprint density at radius 1 is 0.574 bits per heavy atom. The van der Waals surface area contributed by atoms with Crippen molar-refractivity contribution < 1.29 is 57.4 Å². The summed E-state index contributed by atoms with van der Waals surface area (Å²) in [6.07, 6.45) is -8.14. The Morgan fingerprint density at radius 2 is 1.06 bits per heavy atom. The fourth-order valence-corrected chi connectivity index (χ4v) is 4.22. The molecule has 0 radical (unpaired) electrons. The molecule has 0 fully saturated rings. The summed E-state index contributed by atoms with van der Waals surface area (Å²) in [7, 11) is 0. The van der Waals surface area contributed by atoms with Gasteiger partial charge in [0.05, 0.1) is 11.1 Å². The third kappa shape index (κ3) is 8.22. The molecule has 13 heteroatoms. The Bertz CT molecular complexity index is 1890. The standard InChI is InChI=1S/C34H18F12O/c1-2-3-4-19-12-25(35)23(26(36)13-19)9-6-20-14-27(37)22(28(38)15-20)8-5-18-7-10-24(29(39)11-18)34(45,46)47-21-16-30(40)32(31(41)17-21)33(42,43)44/h7,10-17H,2-4H2,1H3. The van der Waals surface area contributed by atoms with Crippen molar-refractivity contribution >= 4 is 0 Å². The summed E-state index contributed by atoms with van der Waals surface area (Å²) in [6, 6.07) is 5.00. The number of unbranched alkanes of at least 4 members (excludes halogenated alkanes) is 1. The van der Waals surface area contributed by atoms with Gasteiger partial charge in [-0.3, -0.25) is 0 Å². The maximum absolute atomic E-state index is 14.7. The van der Waals surface area contributed by atoms with Gasteiger partial charge in [-0.25, -0.2) is 30.7 Å². The second kappa shape index (κ2) is 13.8. The fourth-order valence-electron chi connectivity index (χ4n) is 4.22. The molecule has 1 nitrogen and oxygen atoms in total. The number of ether oxygens (including phenoxy) is 1. The van der Waals surface area contributed by atoms with Crippen LogP contribution in [0, 0.1) is 64.4 Å². The number of rotatable bonds is 6. The molecule has 0 atom stereocenters. The van der Waals surface area contributed by atoms with E-state index in [0.717, 1.165) is 36.8 Å². The lowest BCUT2D eigenvalue weighted by atomic mass is 10.0. The predicted octanol–water partition coefficient (Wildman–Crippen LogP) is 9.95. The lowest BCUT2D eigenvalue weighted by molar-refractivity contribution is -0.187. The lowest BCUT2D eigenvalue weighted by Gasteiger charge is -2.20. The predicted molar refractivity (Wildman–Crippen MR) is 146 cm³/mol. The zero-order chi connectivity index (χ0) is 34.7. The van der Waals surface area contributed by atoms with Gasteiger partial charge in [0, 0.05) is 23.3 Å². The first-order chi connectivity index (χ1) is 22.0. The highest BCUT2D eigenvalue weighted by atomic mass is 19.4. The first-order valence-electron chi connectivity index (χ1n) is 13.4. The van der Waals surface area contributed by atoms with Crippen molar-refractivity contribution in [2.45, 2.75) is 38.5 Å². The van der Waals surface area contributed by atoms with Crippen molar-refractivity contribution in [2.75, 3.05) is 0 Å². The molecule has 0 aliphatic heterocycles. The summed E-state index contributed by atoms with van der Waals surface area (Å²) >= 11 is 0. The second-order valence-corrected chi connectivity index (χ2v) is 9.93. The minimum absolute atomic E-state index is 0.153. The van der Waals surface area contributed by atoms with Crippen LogP contribution in [0.15, 0.2) is 54.6 Å². The molecule has 0 amide bonds. The van der Waals surface area contributed by atoms with Crippen molar-refractivity contribution in [1.82, 2.24) is 0 Å². The van der Waals surface area contributed by atoms with Gasteiger partial charge in [0.2, 0.25) is 0 Å². The van der Waals surface area contributed by atoms with E-state index in [0.29, 0.717) is 30.5 Å². The van der Waals surface area contributed by atoms with Crippen molar-refractivity contribution in [3.63, 3.8) is 0 Å². The number of halogens is 12. The molecule has 0 aliphatic rings. The Balaban J connectivity index is 1.54. The van der Waals surface area contributed by atoms with Gasteiger partial charge in [-0.15, -0.1) is 0 Å². The summed E-state index contributed by atoms with van der Waals surface area (Å²) in [5.74, 6) is -3.28. The van der Waals surface area contributed by atoms with Crippen molar-refractivity contribution in [2.24, 2.45) is 0 Å². The van der Waals surface area contributed by atoms with E-state index in [1.165, 1.54) is 0 Å². The number of hydrogen-bond donors (Lipinski definition) is 0. The largest absolute Gasteiger partial charge is 0.429 e. The van der Waals surface area contributed by atoms with E-state index in [1.807, 2.05) is 6.92 Å². The molecule has 47 heavy (non-hydrogen) atoms. The SMILES string of the molecule is CCCCc1cc(F)c(C#Cc2cc(F)c(C#Cc3ccc(C(F)(F)Oc4cc(F)c(C(F)(F)F)c(F)c4)c(F)c3)c(F)c2)c(F)c1. The summed E-state index contributed by atoms with van der Waals surface area (Å²) in [5.41, 5.74) is -5.53. The molecule has 0 aromatic heterocycles. The molecular formula is C34H18F12O. The second-order valence-electron chi connectivity index (χ2n) is 9.93. The maximum Gasteiger partial charge on any atom is 0.429 e. The van der Waals surface area contributed by atoms with Crippen LogP contribution in [-0.4, -0.2) is 0 Å². The normalized spacial score (nSPS) is 11.4. The van der Waals surface area contributed by atoms with E-state index in [2.05, 4.69) is 28.4 Å². The highest BCUT2D eigenvalue weighted by molar-refractivity contribution is 5.50. The van der Waals surface area contributed by atoms with E-state index in [9.17, 15) is 52.7 Å². The van der Waals surface area contributed by atoms with Crippen LogP contribution in [0.5, 0.6) is 5.75 Å². The van der Waals surface area contributed by atoms with Gasteiger partial charge in [0.15, 0.2) is 0 Å². The maximum atomic E-state index is 14.7. The van der Waals surface area contributed by atoms with Gasteiger partial charge in [0.25, 0.3) is 0 Å². The topological polar surface area (TPSA) is 9.23 Å². The summed E-state index contributed by atoms with van der Waals surface area (Å²) in [5, 5.41) is 0. The van der Waals surface area contributed by atoms with Crippen LogP contribution in [0.2, 0.25) is 0 Å². The first-order valence-corrected chi connectivity index (χ1v) is 13.4. The van der Waals surface area contributed by atoms with Gasteiger partial charge in [-0.2, -0.15) is 22.0 Å². The van der Waals surface area contributed by atoms with Crippen LogP contribution in [0.25, 0.3) is 0 Å². The van der Waals surface area contributed by atoms with Gasteiger partial charge in [-0.05, 0) is 60.9 Å². The lowest BCUT2D eigenvalue weighted by Crippen LogP contribution is -2.24. The van der Waals surface area contributed by atoms with Gasteiger partial charge in [-0.1, -0.05) is 37.0 Å². The molecular weight excluding hydrogens is 652 g/mol.